The Balaban J connectivity index is 1.15. The van der Waals surface area contributed by atoms with Gasteiger partial charge in [0.05, 0.1) is 11.6 Å². The van der Waals surface area contributed by atoms with Crippen LogP contribution in [0.1, 0.15) is 23.5 Å². The maximum atomic E-state index is 9.37. The molecule has 1 aliphatic rings. The van der Waals surface area contributed by atoms with Crippen LogP contribution >= 0.6 is 0 Å². The van der Waals surface area contributed by atoms with E-state index in [1.165, 1.54) is 16.7 Å². The Hall–Kier alpha value is -5.91. The smallest absolute Gasteiger partial charge is 0.0991 e. The third kappa shape index (κ3) is 6.25. The van der Waals surface area contributed by atoms with Crippen molar-refractivity contribution in [3.8, 4) is 50.6 Å². The molecule has 0 fully saturated rings. The highest BCUT2D eigenvalue weighted by molar-refractivity contribution is 5.85. The standard InChI is InChI=1S/C43H32N2/c44-30-31-10-7-15-35(26-31)38-18-9-19-39(28-38)40-22-25-43(42(29-40)34-13-5-2-6-14-34)45-41-23-20-33(21-24-41)37-17-8-16-36(27-37)32-11-3-1-4-12-32/h1-20,22-29,33,45H,21H2. The van der Waals surface area contributed by atoms with E-state index in [1.807, 2.05) is 18.2 Å². The molecule has 0 saturated heterocycles. The van der Waals surface area contributed by atoms with Crippen LogP contribution in [0.3, 0.4) is 0 Å². The van der Waals surface area contributed by atoms with Crippen LogP contribution in [0.15, 0.2) is 176 Å². The van der Waals surface area contributed by atoms with E-state index in [0.29, 0.717) is 11.5 Å². The highest BCUT2D eigenvalue weighted by atomic mass is 14.9. The van der Waals surface area contributed by atoms with Crippen LogP contribution in [0.2, 0.25) is 0 Å². The fraction of sp³-hybridized carbons (Fsp3) is 0.0465. The van der Waals surface area contributed by atoms with Crippen LogP contribution in [0.25, 0.3) is 44.5 Å². The summed E-state index contributed by atoms with van der Waals surface area (Å²) in [6.45, 7) is 0. The Labute approximate surface area is 265 Å². The Kier molecular flexibility index (Phi) is 7.91. The van der Waals surface area contributed by atoms with Gasteiger partial charge in [0.1, 0.15) is 0 Å². The van der Waals surface area contributed by atoms with Gasteiger partial charge in [-0.2, -0.15) is 5.26 Å². The average Bonchev–Trinajstić information content (AvgIpc) is 3.13. The molecule has 1 unspecified atom stereocenters. The molecule has 0 spiro atoms. The number of nitrogens with zero attached hydrogens (tertiary/aromatic N) is 1. The van der Waals surface area contributed by atoms with Crippen molar-refractivity contribution in [2.24, 2.45) is 0 Å². The molecule has 6 aromatic carbocycles. The van der Waals surface area contributed by atoms with Gasteiger partial charge in [-0.25, -0.2) is 0 Å². The molecule has 0 bridgehead atoms. The van der Waals surface area contributed by atoms with E-state index in [0.717, 1.165) is 51.2 Å². The van der Waals surface area contributed by atoms with Crippen LogP contribution in [-0.4, -0.2) is 0 Å². The number of nitriles is 1. The van der Waals surface area contributed by atoms with Gasteiger partial charge in [0.15, 0.2) is 0 Å². The Morgan fingerprint density at radius 2 is 1.13 bits per heavy atom. The highest BCUT2D eigenvalue weighted by Crippen LogP contribution is 2.36. The van der Waals surface area contributed by atoms with Gasteiger partial charge in [-0.05, 0) is 87.3 Å². The highest BCUT2D eigenvalue weighted by Gasteiger charge is 2.15. The van der Waals surface area contributed by atoms with Crippen molar-refractivity contribution in [3.63, 3.8) is 0 Å². The van der Waals surface area contributed by atoms with Crippen LogP contribution < -0.4 is 5.32 Å². The van der Waals surface area contributed by atoms with Crippen LogP contribution in [-0.2, 0) is 0 Å². The summed E-state index contributed by atoms with van der Waals surface area (Å²) in [4.78, 5) is 0. The molecule has 7 rings (SSSR count). The normalized spacial score (nSPS) is 13.9. The van der Waals surface area contributed by atoms with E-state index in [2.05, 4.69) is 163 Å². The van der Waals surface area contributed by atoms with E-state index in [-0.39, 0.29) is 0 Å². The van der Waals surface area contributed by atoms with Crippen molar-refractivity contribution < 1.29 is 0 Å². The molecule has 45 heavy (non-hydrogen) atoms. The minimum absolute atomic E-state index is 0.344. The van der Waals surface area contributed by atoms with E-state index in [1.54, 1.807) is 0 Å². The lowest BCUT2D eigenvalue weighted by Crippen LogP contribution is -2.05. The molecule has 0 amide bonds. The quantitative estimate of drug-likeness (QED) is 0.205. The van der Waals surface area contributed by atoms with Crippen molar-refractivity contribution in [3.05, 3.63) is 187 Å². The summed E-state index contributed by atoms with van der Waals surface area (Å²) in [6, 6.07) is 55.2. The monoisotopic (exact) mass is 576 g/mol. The lowest BCUT2D eigenvalue weighted by atomic mass is 9.89. The Morgan fingerprint density at radius 1 is 0.533 bits per heavy atom. The Morgan fingerprint density at radius 3 is 1.82 bits per heavy atom. The molecule has 1 aliphatic carbocycles. The van der Waals surface area contributed by atoms with E-state index in [9.17, 15) is 5.26 Å². The second-order valence-corrected chi connectivity index (χ2v) is 11.4. The molecule has 6 aromatic rings. The number of benzene rings is 6. The van der Waals surface area contributed by atoms with Gasteiger partial charge in [0.25, 0.3) is 0 Å². The number of hydrogen-bond donors (Lipinski definition) is 1. The molecular weight excluding hydrogens is 544 g/mol. The Bertz CT molecular complexity index is 2060. The number of hydrogen-bond acceptors (Lipinski definition) is 2. The van der Waals surface area contributed by atoms with Crippen LogP contribution in [0, 0.1) is 11.3 Å². The van der Waals surface area contributed by atoms with E-state index < -0.39 is 0 Å². The molecule has 0 aliphatic heterocycles. The third-order valence-corrected chi connectivity index (χ3v) is 8.43. The predicted octanol–water partition coefficient (Wildman–Crippen LogP) is 11.3. The SMILES string of the molecule is N#Cc1cccc(-c2cccc(-c3ccc(NC4=CCC(c5cccc(-c6ccccc6)c5)C=C4)c(-c4ccccc4)c3)c2)c1. The molecule has 0 radical (unpaired) electrons. The van der Waals surface area contributed by atoms with E-state index in [4.69, 9.17) is 0 Å². The van der Waals surface area contributed by atoms with Gasteiger partial charge in [-0.15, -0.1) is 0 Å². The minimum Gasteiger partial charge on any atom is -0.355 e. The topological polar surface area (TPSA) is 35.8 Å². The molecule has 2 nitrogen and oxygen atoms in total. The molecule has 214 valence electrons. The maximum Gasteiger partial charge on any atom is 0.0991 e. The van der Waals surface area contributed by atoms with Gasteiger partial charge in [0.2, 0.25) is 0 Å². The first kappa shape index (κ1) is 27.9. The van der Waals surface area contributed by atoms with Crippen LogP contribution in [0.5, 0.6) is 0 Å². The molecule has 0 saturated carbocycles. The molecule has 0 heterocycles. The van der Waals surface area contributed by atoms with Crippen LogP contribution in [0.4, 0.5) is 5.69 Å². The van der Waals surface area contributed by atoms with Crippen molar-refractivity contribution in [2.75, 3.05) is 5.32 Å². The molecule has 2 heteroatoms. The van der Waals surface area contributed by atoms with Gasteiger partial charge >= 0.3 is 0 Å². The molecule has 1 atom stereocenters. The fourth-order valence-corrected chi connectivity index (χ4v) is 6.03. The van der Waals surface area contributed by atoms with Crippen molar-refractivity contribution in [2.45, 2.75) is 12.3 Å². The number of nitrogens with one attached hydrogen (secondary N) is 1. The molecule has 0 aromatic heterocycles. The van der Waals surface area contributed by atoms with Crippen molar-refractivity contribution >= 4 is 5.69 Å². The lowest BCUT2D eigenvalue weighted by molar-refractivity contribution is 0.846. The maximum absolute atomic E-state index is 9.37. The zero-order valence-electron chi connectivity index (χ0n) is 24.9. The largest absolute Gasteiger partial charge is 0.355 e. The second kappa shape index (κ2) is 12.8. The first-order valence-electron chi connectivity index (χ1n) is 15.3. The third-order valence-electron chi connectivity index (χ3n) is 8.43. The summed E-state index contributed by atoms with van der Waals surface area (Å²) in [5, 5.41) is 13.1. The van der Waals surface area contributed by atoms with E-state index >= 15 is 0 Å². The van der Waals surface area contributed by atoms with Crippen molar-refractivity contribution in [1.29, 1.82) is 5.26 Å². The summed E-state index contributed by atoms with van der Waals surface area (Å²) < 4.78 is 0. The number of rotatable bonds is 7. The summed E-state index contributed by atoms with van der Waals surface area (Å²) >= 11 is 0. The zero-order valence-corrected chi connectivity index (χ0v) is 24.9. The lowest BCUT2D eigenvalue weighted by Gasteiger charge is -2.20. The number of allylic oxidation sites excluding steroid dienone is 3. The van der Waals surface area contributed by atoms with Crippen molar-refractivity contribution in [1.82, 2.24) is 0 Å². The van der Waals surface area contributed by atoms with Gasteiger partial charge in [-0.3, -0.25) is 0 Å². The predicted molar refractivity (Wildman–Crippen MR) is 188 cm³/mol. The molecular formula is C43H32N2. The van der Waals surface area contributed by atoms with Gasteiger partial charge in [0, 0.05) is 22.9 Å². The summed E-state index contributed by atoms with van der Waals surface area (Å²) in [5.41, 5.74) is 13.4. The van der Waals surface area contributed by atoms with Gasteiger partial charge < -0.3 is 5.32 Å². The molecule has 1 N–H and O–H groups in total. The fourth-order valence-electron chi connectivity index (χ4n) is 6.03. The minimum atomic E-state index is 0.344. The summed E-state index contributed by atoms with van der Waals surface area (Å²) in [7, 11) is 0. The first-order chi connectivity index (χ1) is 22.2. The summed E-state index contributed by atoms with van der Waals surface area (Å²) in [6.07, 6.45) is 7.78. The second-order valence-electron chi connectivity index (χ2n) is 11.4. The summed E-state index contributed by atoms with van der Waals surface area (Å²) in [5.74, 6) is 0.344. The average molecular weight is 577 g/mol. The van der Waals surface area contributed by atoms with Gasteiger partial charge in [-0.1, -0.05) is 133 Å². The zero-order chi connectivity index (χ0) is 30.4. The number of anilines is 1. The first-order valence-corrected chi connectivity index (χ1v) is 15.3.